The summed E-state index contributed by atoms with van der Waals surface area (Å²) in [5.41, 5.74) is 0.846. The first-order valence-corrected chi connectivity index (χ1v) is 8.49. The molecule has 6 heteroatoms. The van der Waals surface area contributed by atoms with Crippen LogP contribution in [0, 0.1) is 5.92 Å². The summed E-state index contributed by atoms with van der Waals surface area (Å²) >= 11 is 0. The highest BCUT2D eigenvalue weighted by Crippen LogP contribution is 2.39. The molecule has 1 aliphatic heterocycles. The van der Waals surface area contributed by atoms with Gasteiger partial charge in [0.2, 0.25) is 0 Å². The first-order chi connectivity index (χ1) is 10.9. The minimum Gasteiger partial charge on any atom is -0.378 e. The van der Waals surface area contributed by atoms with Crippen molar-refractivity contribution in [2.24, 2.45) is 5.92 Å². The van der Waals surface area contributed by atoms with Crippen molar-refractivity contribution >= 4 is 11.5 Å². The van der Waals surface area contributed by atoms with Gasteiger partial charge in [0.05, 0.1) is 6.10 Å². The molecule has 2 aliphatic carbocycles. The van der Waals surface area contributed by atoms with E-state index in [-0.39, 0.29) is 0 Å². The van der Waals surface area contributed by atoms with Crippen LogP contribution in [0.5, 0.6) is 0 Å². The van der Waals surface area contributed by atoms with Crippen LogP contribution in [-0.4, -0.2) is 38.6 Å². The average Bonchev–Trinajstić information content (AvgIpc) is 3.11. The maximum absolute atomic E-state index is 5.86. The number of nitrogens with zero attached hydrogens (tertiary/aromatic N) is 4. The topological polar surface area (TPSA) is 64.3 Å². The van der Waals surface area contributed by atoms with Crippen LogP contribution in [0.1, 0.15) is 50.3 Å². The molecule has 116 valence electrons. The molecule has 3 atom stereocenters. The fourth-order valence-corrected chi connectivity index (χ4v) is 4.02. The predicted molar refractivity (Wildman–Crippen MR) is 81.9 cm³/mol. The SMILES string of the molecule is c1cc2nnc(C3CC3)n2nc1NC1CCCC2OCCC12. The number of fused-ring (bicyclic) bond motifs is 2. The van der Waals surface area contributed by atoms with Gasteiger partial charge in [-0.2, -0.15) is 4.52 Å². The second-order valence-electron chi connectivity index (χ2n) is 6.86. The van der Waals surface area contributed by atoms with Crippen molar-refractivity contribution in [2.45, 2.75) is 56.6 Å². The lowest BCUT2D eigenvalue weighted by atomic mass is 9.82. The number of aromatic nitrogens is 4. The number of hydrogen-bond acceptors (Lipinski definition) is 5. The smallest absolute Gasteiger partial charge is 0.178 e. The number of rotatable bonds is 3. The highest BCUT2D eigenvalue weighted by molar-refractivity contribution is 5.45. The third kappa shape index (κ3) is 2.08. The first kappa shape index (κ1) is 12.8. The maximum Gasteiger partial charge on any atom is 0.178 e. The van der Waals surface area contributed by atoms with E-state index in [4.69, 9.17) is 9.84 Å². The fourth-order valence-electron chi connectivity index (χ4n) is 4.02. The van der Waals surface area contributed by atoms with E-state index in [1.165, 1.54) is 38.5 Å². The monoisotopic (exact) mass is 299 g/mol. The van der Waals surface area contributed by atoms with Crippen LogP contribution >= 0.6 is 0 Å². The maximum atomic E-state index is 5.86. The van der Waals surface area contributed by atoms with E-state index in [2.05, 4.69) is 15.5 Å². The summed E-state index contributed by atoms with van der Waals surface area (Å²) < 4.78 is 7.78. The van der Waals surface area contributed by atoms with Crippen LogP contribution in [-0.2, 0) is 4.74 Å². The van der Waals surface area contributed by atoms with Gasteiger partial charge in [-0.3, -0.25) is 0 Å². The Bertz CT molecular complexity index is 695. The summed E-state index contributed by atoms with van der Waals surface area (Å²) in [6, 6.07) is 4.52. The summed E-state index contributed by atoms with van der Waals surface area (Å²) in [5, 5.41) is 16.9. The predicted octanol–water partition coefficient (Wildman–Crippen LogP) is 2.37. The second-order valence-corrected chi connectivity index (χ2v) is 6.86. The van der Waals surface area contributed by atoms with Gasteiger partial charge in [-0.25, -0.2) is 0 Å². The van der Waals surface area contributed by atoms with E-state index in [0.717, 1.165) is 23.9 Å². The second kappa shape index (κ2) is 4.91. The molecular weight excluding hydrogens is 278 g/mol. The molecule has 1 saturated heterocycles. The van der Waals surface area contributed by atoms with E-state index >= 15 is 0 Å². The average molecular weight is 299 g/mol. The Morgan fingerprint density at radius 3 is 2.95 bits per heavy atom. The van der Waals surface area contributed by atoms with Crippen LogP contribution in [0.3, 0.4) is 0 Å². The van der Waals surface area contributed by atoms with Gasteiger partial charge in [-0.1, -0.05) is 0 Å². The van der Waals surface area contributed by atoms with E-state index in [0.29, 0.717) is 24.0 Å². The molecule has 3 fully saturated rings. The summed E-state index contributed by atoms with van der Waals surface area (Å²) in [7, 11) is 0. The minimum atomic E-state index is 0.451. The van der Waals surface area contributed by atoms with Crippen molar-refractivity contribution < 1.29 is 4.74 Å². The number of ether oxygens (including phenoxy) is 1. The number of anilines is 1. The zero-order valence-electron chi connectivity index (χ0n) is 12.6. The molecule has 2 saturated carbocycles. The van der Waals surface area contributed by atoms with Crippen molar-refractivity contribution in [3.8, 4) is 0 Å². The summed E-state index contributed by atoms with van der Waals surface area (Å²) in [6.45, 7) is 0.914. The van der Waals surface area contributed by atoms with Crippen LogP contribution < -0.4 is 5.32 Å². The zero-order chi connectivity index (χ0) is 14.5. The van der Waals surface area contributed by atoms with Gasteiger partial charge in [0.25, 0.3) is 0 Å². The normalized spacial score (nSPS) is 31.4. The van der Waals surface area contributed by atoms with E-state index in [9.17, 15) is 0 Å². The Hall–Kier alpha value is -1.69. The summed E-state index contributed by atoms with van der Waals surface area (Å²) in [6.07, 6.45) is 7.71. The molecule has 5 rings (SSSR count). The Kier molecular flexibility index (Phi) is 2.86. The van der Waals surface area contributed by atoms with Gasteiger partial charge < -0.3 is 10.1 Å². The van der Waals surface area contributed by atoms with Crippen LogP contribution in [0.15, 0.2) is 12.1 Å². The van der Waals surface area contributed by atoms with Crippen LogP contribution in [0.2, 0.25) is 0 Å². The third-order valence-electron chi connectivity index (χ3n) is 5.34. The van der Waals surface area contributed by atoms with Gasteiger partial charge in [0.1, 0.15) is 5.82 Å². The molecule has 3 aliphatic rings. The molecule has 0 bridgehead atoms. The molecule has 3 heterocycles. The van der Waals surface area contributed by atoms with Crippen molar-refractivity contribution in [1.29, 1.82) is 0 Å². The molecule has 22 heavy (non-hydrogen) atoms. The largest absolute Gasteiger partial charge is 0.378 e. The fraction of sp³-hybridized carbons (Fsp3) is 0.688. The lowest BCUT2D eigenvalue weighted by molar-refractivity contribution is 0.0619. The Morgan fingerprint density at radius 2 is 2.05 bits per heavy atom. The molecule has 3 unspecified atom stereocenters. The van der Waals surface area contributed by atoms with Gasteiger partial charge >= 0.3 is 0 Å². The highest BCUT2D eigenvalue weighted by atomic mass is 16.5. The quantitative estimate of drug-likeness (QED) is 0.942. The summed E-state index contributed by atoms with van der Waals surface area (Å²) in [5.74, 6) is 3.14. The number of nitrogens with one attached hydrogen (secondary N) is 1. The van der Waals surface area contributed by atoms with Crippen LogP contribution in [0.4, 0.5) is 5.82 Å². The minimum absolute atomic E-state index is 0.451. The lowest BCUT2D eigenvalue weighted by Crippen LogP contribution is -2.38. The standard InChI is InChI=1S/C16H21N5O/c1-2-12(11-8-9-22-13(11)3-1)17-14-6-7-15-18-19-16(10-4-5-10)21(15)20-14/h6-7,10-13H,1-5,8-9H2,(H,17,20). The number of hydrogen-bond donors (Lipinski definition) is 1. The van der Waals surface area contributed by atoms with Crippen molar-refractivity contribution in [1.82, 2.24) is 19.8 Å². The van der Waals surface area contributed by atoms with Gasteiger partial charge in [0.15, 0.2) is 11.5 Å². The Labute approximate surface area is 129 Å². The first-order valence-electron chi connectivity index (χ1n) is 8.49. The Balaban J connectivity index is 1.42. The zero-order valence-corrected chi connectivity index (χ0v) is 12.6. The van der Waals surface area contributed by atoms with Crippen molar-refractivity contribution in [3.05, 3.63) is 18.0 Å². The highest BCUT2D eigenvalue weighted by Gasteiger charge is 2.37. The molecule has 2 aromatic heterocycles. The third-order valence-corrected chi connectivity index (χ3v) is 5.34. The van der Waals surface area contributed by atoms with Crippen molar-refractivity contribution in [2.75, 3.05) is 11.9 Å². The van der Waals surface area contributed by atoms with Crippen molar-refractivity contribution in [3.63, 3.8) is 0 Å². The van der Waals surface area contributed by atoms with E-state index in [1.807, 2.05) is 16.6 Å². The van der Waals surface area contributed by atoms with E-state index < -0.39 is 0 Å². The molecule has 2 aromatic rings. The molecule has 0 aromatic carbocycles. The molecule has 0 spiro atoms. The lowest BCUT2D eigenvalue weighted by Gasteiger charge is -2.33. The van der Waals surface area contributed by atoms with Gasteiger partial charge in [-0.15, -0.1) is 15.3 Å². The van der Waals surface area contributed by atoms with E-state index in [1.54, 1.807) is 0 Å². The van der Waals surface area contributed by atoms with Crippen LogP contribution in [0.25, 0.3) is 5.65 Å². The van der Waals surface area contributed by atoms with Gasteiger partial charge in [0, 0.05) is 24.5 Å². The van der Waals surface area contributed by atoms with Gasteiger partial charge in [-0.05, 0) is 50.7 Å². The molecule has 0 radical (unpaired) electrons. The molecule has 1 N–H and O–H groups in total. The molecular formula is C16H21N5O. The molecule has 6 nitrogen and oxygen atoms in total. The summed E-state index contributed by atoms with van der Waals surface area (Å²) in [4.78, 5) is 0. The molecule has 0 amide bonds. The Morgan fingerprint density at radius 1 is 1.09 bits per heavy atom.